The van der Waals surface area contributed by atoms with Gasteiger partial charge in [-0.25, -0.2) is 8.78 Å². The van der Waals surface area contributed by atoms with Crippen LogP contribution in [0.15, 0.2) is 18.2 Å². The summed E-state index contributed by atoms with van der Waals surface area (Å²) in [6.07, 6.45) is -0.719. The average Bonchev–Trinajstić information content (AvgIpc) is 2.27. The zero-order chi connectivity index (χ0) is 13.8. The molecule has 6 heteroatoms. The van der Waals surface area contributed by atoms with Crippen LogP contribution >= 0.6 is 11.8 Å². The van der Waals surface area contributed by atoms with Gasteiger partial charge in [-0.15, -0.1) is 0 Å². The topological polar surface area (TPSA) is 58.3 Å². The van der Waals surface area contributed by atoms with Crippen LogP contribution in [0, 0.1) is 0 Å². The van der Waals surface area contributed by atoms with E-state index >= 15 is 0 Å². The van der Waals surface area contributed by atoms with Gasteiger partial charge in [0.25, 0.3) is 6.43 Å². The second kappa shape index (κ2) is 6.24. The highest BCUT2D eigenvalue weighted by molar-refractivity contribution is 7.98. The van der Waals surface area contributed by atoms with Gasteiger partial charge < -0.3 is 16.2 Å². The van der Waals surface area contributed by atoms with Gasteiger partial charge in [-0.2, -0.15) is 11.8 Å². The molecule has 0 fully saturated rings. The molecule has 0 amide bonds. The molecule has 3 nitrogen and oxygen atoms in total. The molecule has 1 aromatic rings. The lowest BCUT2D eigenvalue weighted by Gasteiger charge is -2.24. The Bertz CT molecular complexity index is 400. The van der Waals surface area contributed by atoms with Crippen molar-refractivity contribution < 1.29 is 13.9 Å². The number of hydrogen-bond acceptors (Lipinski definition) is 4. The number of halogens is 2. The van der Waals surface area contributed by atoms with Gasteiger partial charge in [-0.1, -0.05) is 0 Å². The van der Waals surface area contributed by atoms with Crippen LogP contribution in [-0.4, -0.2) is 29.3 Å². The van der Waals surface area contributed by atoms with Crippen LogP contribution in [0.2, 0.25) is 0 Å². The second-order valence-electron chi connectivity index (χ2n) is 4.43. The minimum absolute atomic E-state index is 0.144. The van der Waals surface area contributed by atoms with Crippen molar-refractivity contribution in [2.75, 3.05) is 29.6 Å². The largest absolute Gasteiger partial charge is 0.399 e. The summed E-state index contributed by atoms with van der Waals surface area (Å²) in [5.41, 5.74) is 5.00. The first-order valence-electron chi connectivity index (χ1n) is 5.48. The van der Waals surface area contributed by atoms with Gasteiger partial charge in [-0.3, -0.25) is 0 Å². The van der Waals surface area contributed by atoms with Gasteiger partial charge in [0.2, 0.25) is 0 Å². The quantitative estimate of drug-likeness (QED) is 0.699. The molecule has 0 heterocycles. The molecule has 0 aromatic heterocycles. The standard InChI is InChI=1S/C12H18F2N2OS/c1-12(17,7-18-2)6-16-10-4-3-8(15)5-9(10)11(13)14/h3-5,11,16-17H,6-7,15H2,1-2H3. The molecule has 0 aliphatic carbocycles. The summed E-state index contributed by atoms with van der Waals surface area (Å²) in [5, 5.41) is 12.8. The summed E-state index contributed by atoms with van der Waals surface area (Å²) in [4.78, 5) is 0. The Kier molecular flexibility index (Phi) is 5.22. The lowest BCUT2D eigenvalue weighted by atomic mass is 10.1. The van der Waals surface area contributed by atoms with Crippen LogP contribution in [0.5, 0.6) is 0 Å². The maximum Gasteiger partial charge on any atom is 0.265 e. The molecule has 1 rings (SSSR count). The number of aliphatic hydroxyl groups is 1. The number of alkyl halides is 2. The highest BCUT2D eigenvalue weighted by Gasteiger charge is 2.21. The summed E-state index contributed by atoms with van der Waals surface area (Å²) in [7, 11) is 0. The Balaban J connectivity index is 2.78. The molecule has 0 aliphatic rings. The number of nitrogens with one attached hydrogen (secondary N) is 1. The highest BCUT2D eigenvalue weighted by atomic mass is 32.2. The molecule has 102 valence electrons. The predicted octanol–water partition coefficient (Wildman–Crippen LogP) is 2.73. The van der Waals surface area contributed by atoms with Crippen LogP contribution in [0.25, 0.3) is 0 Å². The number of nitrogen functional groups attached to an aromatic ring is 1. The lowest BCUT2D eigenvalue weighted by Crippen LogP contribution is -2.36. The normalized spacial score (nSPS) is 14.6. The smallest absolute Gasteiger partial charge is 0.265 e. The molecule has 0 bridgehead atoms. The molecule has 1 unspecified atom stereocenters. The number of nitrogens with two attached hydrogens (primary N) is 1. The molecular formula is C12H18F2N2OS. The number of rotatable bonds is 6. The summed E-state index contributed by atoms with van der Waals surface area (Å²) in [5.74, 6) is 0.527. The predicted molar refractivity (Wildman–Crippen MR) is 73.3 cm³/mol. The van der Waals surface area contributed by atoms with E-state index in [4.69, 9.17) is 5.73 Å². The number of benzene rings is 1. The van der Waals surface area contributed by atoms with Gasteiger partial charge in [-0.05, 0) is 31.4 Å². The molecule has 0 spiro atoms. The van der Waals surface area contributed by atoms with Gasteiger partial charge in [0, 0.05) is 29.2 Å². The zero-order valence-electron chi connectivity index (χ0n) is 10.4. The molecule has 1 aromatic carbocycles. The molecule has 0 saturated heterocycles. The van der Waals surface area contributed by atoms with E-state index in [0.717, 1.165) is 0 Å². The van der Waals surface area contributed by atoms with Crippen LogP contribution in [0.1, 0.15) is 18.9 Å². The Morgan fingerprint density at radius 2 is 2.17 bits per heavy atom. The molecule has 18 heavy (non-hydrogen) atoms. The van der Waals surface area contributed by atoms with E-state index in [-0.39, 0.29) is 12.1 Å². The van der Waals surface area contributed by atoms with Gasteiger partial charge in [0.15, 0.2) is 0 Å². The van der Waals surface area contributed by atoms with Gasteiger partial charge in [0.05, 0.1) is 5.60 Å². The minimum atomic E-state index is -2.60. The van der Waals surface area contributed by atoms with Crippen molar-refractivity contribution in [2.45, 2.75) is 19.0 Å². The van der Waals surface area contributed by atoms with E-state index in [9.17, 15) is 13.9 Å². The highest BCUT2D eigenvalue weighted by Crippen LogP contribution is 2.29. The Morgan fingerprint density at radius 3 is 2.72 bits per heavy atom. The van der Waals surface area contributed by atoms with E-state index in [0.29, 0.717) is 17.1 Å². The lowest BCUT2D eigenvalue weighted by molar-refractivity contribution is 0.0994. The van der Waals surface area contributed by atoms with E-state index in [1.54, 1.807) is 13.0 Å². The van der Waals surface area contributed by atoms with Gasteiger partial charge >= 0.3 is 0 Å². The first-order valence-corrected chi connectivity index (χ1v) is 6.88. The Hall–Kier alpha value is -1.01. The summed E-state index contributed by atoms with van der Waals surface area (Å²) in [6, 6.07) is 4.31. The molecule has 0 aliphatic heterocycles. The van der Waals surface area contributed by atoms with Crippen LogP contribution in [-0.2, 0) is 0 Å². The van der Waals surface area contributed by atoms with E-state index in [2.05, 4.69) is 5.32 Å². The maximum atomic E-state index is 12.8. The first kappa shape index (κ1) is 15.0. The van der Waals surface area contributed by atoms with Crippen molar-refractivity contribution >= 4 is 23.1 Å². The van der Waals surface area contributed by atoms with Crippen LogP contribution in [0.4, 0.5) is 20.2 Å². The maximum absolute atomic E-state index is 12.8. The number of thioether (sulfide) groups is 1. The molecule has 1 atom stereocenters. The third kappa shape index (κ3) is 4.34. The van der Waals surface area contributed by atoms with Crippen molar-refractivity contribution in [3.8, 4) is 0 Å². The number of hydrogen-bond donors (Lipinski definition) is 3. The van der Waals surface area contributed by atoms with Crippen molar-refractivity contribution in [3.63, 3.8) is 0 Å². The van der Waals surface area contributed by atoms with E-state index < -0.39 is 12.0 Å². The minimum Gasteiger partial charge on any atom is -0.399 e. The molecule has 0 saturated carbocycles. The van der Waals surface area contributed by atoms with E-state index in [1.165, 1.54) is 23.9 Å². The SMILES string of the molecule is CSCC(C)(O)CNc1ccc(N)cc1C(F)F. The number of anilines is 2. The van der Waals surface area contributed by atoms with Crippen LogP contribution in [0.3, 0.4) is 0 Å². The van der Waals surface area contributed by atoms with Crippen LogP contribution < -0.4 is 11.1 Å². The summed E-state index contributed by atoms with van der Waals surface area (Å²) < 4.78 is 25.6. The van der Waals surface area contributed by atoms with E-state index in [1.807, 2.05) is 6.26 Å². The first-order chi connectivity index (χ1) is 8.35. The second-order valence-corrected chi connectivity index (χ2v) is 5.30. The molecule has 0 radical (unpaired) electrons. The Labute approximate surface area is 110 Å². The monoisotopic (exact) mass is 276 g/mol. The zero-order valence-corrected chi connectivity index (χ0v) is 11.2. The fourth-order valence-electron chi connectivity index (χ4n) is 1.57. The summed E-state index contributed by atoms with van der Waals surface area (Å²) >= 11 is 1.50. The van der Waals surface area contributed by atoms with Crippen molar-refractivity contribution in [3.05, 3.63) is 23.8 Å². The fourth-order valence-corrected chi connectivity index (χ4v) is 2.29. The van der Waals surface area contributed by atoms with Gasteiger partial charge in [0.1, 0.15) is 0 Å². The average molecular weight is 276 g/mol. The fraction of sp³-hybridized carbons (Fsp3) is 0.500. The van der Waals surface area contributed by atoms with Crippen molar-refractivity contribution in [2.24, 2.45) is 0 Å². The molecular weight excluding hydrogens is 258 g/mol. The van der Waals surface area contributed by atoms with Crippen molar-refractivity contribution in [1.29, 1.82) is 0 Å². The third-order valence-corrected chi connectivity index (χ3v) is 3.34. The third-order valence-electron chi connectivity index (χ3n) is 2.43. The molecule has 4 N–H and O–H groups in total. The van der Waals surface area contributed by atoms with Crippen molar-refractivity contribution in [1.82, 2.24) is 0 Å². The Morgan fingerprint density at radius 1 is 1.50 bits per heavy atom. The summed E-state index contributed by atoms with van der Waals surface area (Å²) in [6.45, 7) is 1.87.